The van der Waals surface area contributed by atoms with Gasteiger partial charge < -0.3 is 10.1 Å². The van der Waals surface area contributed by atoms with Gasteiger partial charge in [-0.05, 0) is 38.8 Å². The molecule has 2 rings (SSSR count). The van der Waals surface area contributed by atoms with Crippen LogP contribution in [0.15, 0.2) is 12.1 Å². The van der Waals surface area contributed by atoms with E-state index in [4.69, 9.17) is 4.74 Å². The van der Waals surface area contributed by atoms with Crippen LogP contribution in [0.3, 0.4) is 0 Å². The molecule has 0 amide bonds. The number of nitrogens with zero attached hydrogens (tertiary/aromatic N) is 2. The fraction of sp³-hybridized carbons (Fsp3) is 0.429. The first-order valence-electron chi connectivity index (χ1n) is 6.37. The van der Waals surface area contributed by atoms with E-state index in [9.17, 15) is 0 Å². The van der Waals surface area contributed by atoms with Crippen LogP contribution in [0.2, 0.25) is 0 Å². The molecule has 5 heteroatoms. The Balaban J connectivity index is 2.05. The van der Waals surface area contributed by atoms with Gasteiger partial charge in [0.1, 0.15) is 12.4 Å². The maximum atomic E-state index is 5.88. The van der Waals surface area contributed by atoms with E-state index in [1.807, 2.05) is 6.92 Å². The topological polar surface area (TPSA) is 47.0 Å². The second-order valence-corrected chi connectivity index (χ2v) is 5.61. The zero-order chi connectivity index (χ0) is 13.8. The van der Waals surface area contributed by atoms with E-state index in [1.165, 1.54) is 16.9 Å². The van der Waals surface area contributed by atoms with Gasteiger partial charge in [-0.1, -0.05) is 29.0 Å². The number of hydrogen-bond donors (Lipinski definition) is 1. The highest BCUT2D eigenvalue weighted by atomic mass is 32.1. The summed E-state index contributed by atoms with van der Waals surface area (Å²) in [5.41, 5.74) is 3.58. The summed E-state index contributed by atoms with van der Waals surface area (Å²) < 4.78 is 5.88. The van der Waals surface area contributed by atoms with Gasteiger partial charge in [0.2, 0.25) is 5.13 Å². The van der Waals surface area contributed by atoms with Crippen molar-refractivity contribution in [2.75, 3.05) is 11.9 Å². The Kier molecular flexibility index (Phi) is 4.37. The average Bonchev–Trinajstić information content (AvgIpc) is 2.76. The summed E-state index contributed by atoms with van der Waals surface area (Å²) in [6.07, 6.45) is 0. The lowest BCUT2D eigenvalue weighted by atomic mass is 10.1. The third kappa shape index (κ3) is 3.44. The molecule has 0 fully saturated rings. The summed E-state index contributed by atoms with van der Waals surface area (Å²) in [5.74, 6) is 0.950. The Morgan fingerprint density at radius 1 is 1.16 bits per heavy atom. The molecular weight excluding hydrogens is 258 g/mol. The summed E-state index contributed by atoms with van der Waals surface area (Å²) in [6.45, 7) is 9.59. The molecule has 1 heterocycles. The lowest BCUT2D eigenvalue weighted by Gasteiger charge is -2.11. The molecule has 0 unspecified atom stereocenters. The molecule has 2 aromatic rings. The minimum absolute atomic E-state index is 0.466. The first-order valence-corrected chi connectivity index (χ1v) is 7.18. The van der Waals surface area contributed by atoms with Crippen molar-refractivity contribution in [2.24, 2.45) is 0 Å². The van der Waals surface area contributed by atoms with Crippen LogP contribution >= 0.6 is 11.3 Å². The van der Waals surface area contributed by atoms with Crippen LogP contribution in [0.1, 0.15) is 28.6 Å². The van der Waals surface area contributed by atoms with E-state index >= 15 is 0 Å². The number of hydrogen-bond acceptors (Lipinski definition) is 5. The number of anilines is 1. The molecular formula is C14H19N3OS. The maximum absolute atomic E-state index is 5.88. The standard InChI is InChI=1S/C14H19N3OS/c1-5-15-14-17-16-12(19-14)8-18-13-10(3)6-9(2)7-11(13)4/h6-7H,5,8H2,1-4H3,(H,15,17). The minimum atomic E-state index is 0.466. The maximum Gasteiger partial charge on any atom is 0.205 e. The third-order valence-corrected chi connectivity index (χ3v) is 3.59. The van der Waals surface area contributed by atoms with Crippen LogP contribution in [0.4, 0.5) is 5.13 Å². The van der Waals surface area contributed by atoms with Gasteiger partial charge in [0, 0.05) is 6.54 Å². The molecule has 1 aromatic carbocycles. The minimum Gasteiger partial charge on any atom is -0.486 e. The second kappa shape index (κ2) is 6.02. The van der Waals surface area contributed by atoms with Crippen molar-refractivity contribution >= 4 is 16.5 Å². The molecule has 0 bridgehead atoms. The number of aromatic nitrogens is 2. The zero-order valence-corrected chi connectivity index (χ0v) is 12.6. The highest BCUT2D eigenvalue weighted by Crippen LogP contribution is 2.26. The summed E-state index contributed by atoms with van der Waals surface area (Å²) in [6, 6.07) is 4.26. The molecule has 19 heavy (non-hydrogen) atoms. The van der Waals surface area contributed by atoms with Crippen LogP contribution in [0, 0.1) is 20.8 Å². The van der Waals surface area contributed by atoms with E-state index in [0.29, 0.717) is 6.61 Å². The monoisotopic (exact) mass is 277 g/mol. The molecule has 0 radical (unpaired) electrons. The Labute approximate surface area is 117 Å². The number of aryl methyl sites for hydroxylation is 3. The van der Waals surface area contributed by atoms with E-state index in [-0.39, 0.29) is 0 Å². The largest absolute Gasteiger partial charge is 0.486 e. The number of nitrogens with one attached hydrogen (secondary N) is 1. The van der Waals surface area contributed by atoms with Gasteiger partial charge in [-0.15, -0.1) is 10.2 Å². The van der Waals surface area contributed by atoms with Gasteiger partial charge in [0.15, 0.2) is 5.01 Å². The van der Waals surface area contributed by atoms with E-state index in [1.54, 1.807) is 0 Å². The third-order valence-electron chi connectivity index (χ3n) is 2.74. The Hall–Kier alpha value is -1.62. The van der Waals surface area contributed by atoms with Gasteiger partial charge in [-0.3, -0.25) is 0 Å². The molecule has 1 N–H and O–H groups in total. The number of benzene rings is 1. The molecule has 0 saturated heterocycles. The molecule has 0 spiro atoms. The van der Waals surface area contributed by atoms with Crippen LogP contribution in [0.5, 0.6) is 5.75 Å². The molecule has 0 aliphatic rings. The van der Waals surface area contributed by atoms with Crippen molar-refractivity contribution < 1.29 is 4.74 Å². The van der Waals surface area contributed by atoms with Crippen LogP contribution in [-0.4, -0.2) is 16.7 Å². The van der Waals surface area contributed by atoms with Crippen molar-refractivity contribution in [3.8, 4) is 5.75 Å². The highest BCUT2D eigenvalue weighted by molar-refractivity contribution is 7.15. The van der Waals surface area contributed by atoms with Gasteiger partial charge in [0.05, 0.1) is 0 Å². The lowest BCUT2D eigenvalue weighted by molar-refractivity contribution is 0.300. The summed E-state index contributed by atoms with van der Waals surface area (Å²) in [4.78, 5) is 0. The van der Waals surface area contributed by atoms with Crippen molar-refractivity contribution in [1.29, 1.82) is 0 Å². The molecule has 0 aliphatic heterocycles. The zero-order valence-electron chi connectivity index (χ0n) is 11.8. The van der Waals surface area contributed by atoms with E-state index in [0.717, 1.165) is 33.6 Å². The van der Waals surface area contributed by atoms with Crippen LogP contribution in [-0.2, 0) is 6.61 Å². The fourth-order valence-corrected chi connectivity index (χ4v) is 2.78. The van der Waals surface area contributed by atoms with Crippen molar-refractivity contribution in [3.63, 3.8) is 0 Å². The Morgan fingerprint density at radius 3 is 2.47 bits per heavy atom. The highest BCUT2D eigenvalue weighted by Gasteiger charge is 2.08. The van der Waals surface area contributed by atoms with Gasteiger partial charge in [0.25, 0.3) is 0 Å². The van der Waals surface area contributed by atoms with Gasteiger partial charge in [-0.2, -0.15) is 0 Å². The molecule has 0 atom stereocenters. The average molecular weight is 277 g/mol. The van der Waals surface area contributed by atoms with Crippen molar-refractivity contribution in [2.45, 2.75) is 34.3 Å². The number of rotatable bonds is 5. The molecule has 0 aliphatic carbocycles. The fourth-order valence-electron chi connectivity index (χ4n) is 2.06. The van der Waals surface area contributed by atoms with Gasteiger partial charge >= 0.3 is 0 Å². The molecule has 1 aromatic heterocycles. The molecule has 0 saturated carbocycles. The van der Waals surface area contributed by atoms with Gasteiger partial charge in [-0.25, -0.2) is 0 Å². The summed E-state index contributed by atoms with van der Waals surface area (Å²) in [5, 5.41) is 13.0. The second-order valence-electron chi connectivity index (χ2n) is 4.55. The smallest absolute Gasteiger partial charge is 0.205 e. The molecule has 102 valence electrons. The first kappa shape index (κ1) is 13.8. The van der Waals surface area contributed by atoms with Crippen LogP contribution < -0.4 is 10.1 Å². The molecule has 4 nitrogen and oxygen atoms in total. The number of ether oxygens (including phenoxy) is 1. The predicted octanol–water partition coefficient (Wildman–Crippen LogP) is 3.47. The lowest BCUT2D eigenvalue weighted by Crippen LogP contribution is -1.99. The summed E-state index contributed by atoms with van der Waals surface area (Å²) in [7, 11) is 0. The quantitative estimate of drug-likeness (QED) is 0.909. The van der Waals surface area contributed by atoms with E-state index < -0.39 is 0 Å². The Bertz CT molecular complexity index is 543. The van der Waals surface area contributed by atoms with Crippen molar-refractivity contribution in [3.05, 3.63) is 33.8 Å². The van der Waals surface area contributed by atoms with Crippen molar-refractivity contribution in [1.82, 2.24) is 10.2 Å². The Morgan fingerprint density at radius 2 is 1.84 bits per heavy atom. The van der Waals surface area contributed by atoms with E-state index in [2.05, 4.69) is 48.4 Å². The predicted molar refractivity (Wildman–Crippen MR) is 79.1 cm³/mol. The normalized spacial score (nSPS) is 10.5. The first-order chi connectivity index (χ1) is 9.10. The SMILES string of the molecule is CCNc1nnc(COc2c(C)cc(C)cc2C)s1. The van der Waals surface area contributed by atoms with Crippen LogP contribution in [0.25, 0.3) is 0 Å². The summed E-state index contributed by atoms with van der Waals surface area (Å²) >= 11 is 1.53.